The summed E-state index contributed by atoms with van der Waals surface area (Å²) in [6.45, 7) is 5.88. The summed E-state index contributed by atoms with van der Waals surface area (Å²) in [6.07, 6.45) is 24.2. The maximum absolute atomic E-state index is 5.77. The van der Waals surface area contributed by atoms with E-state index in [0.29, 0.717) is 0 Å². The third-order valence-corrected chi connectivity index (χ3v) is 7.50. The van der Waals surface area contributed by atoms with E-state index in [0.717, 1.165) is 43.3 Å². The molecule has 0 heterocycles. The highest BCUT2D eigenvalue weighted by atomic mass is 16.5. The lowest BCUT2D eigenvalue weighted by Gasteiger charge is -2.37. The number of unbranched alkanes of at least 4 members (excludes halogenated alkanes) is 1. The molecule has 0 aromatic heterocycles. The number of ether oxygens (including phenoxy) is 1. The van der Waals surface area contributed by atoms with Crippen LogP contribution in [-0.2, 0) is 11.3 Å². The lowest BCUT2D eigenvalue weighted by atomic mass is 9.68. The molecule has 0 spiro atoms. The number of allylic oxidation sites excluding steroid dienone is 3. The molecule has 2 fully saturated rings. The Morgan fingerprint density at radius 3 is 2.13 bits per heavy atom. The summed E-state index contributed by atoms with van der Waals surface area (Å²) in [5, 5.41) is 0. The first-order chi connectivity index (χ1) is 14.8. The van der Waals surface area contributed by atoms with Gasteiger partial charge in [0.25, 0.3) is 0 Å². The highest BCUT2D eigenvalue weighted by molar-refractivity contribution is 5.25. The van der Waals surface area contributed by atoms with E-state index in [1.54, 1.807) is 5.56 Å². The SMILES string of the molecule is CC=CCCOCc1ccc(C2CCC(C3CCC(/C=C/CCC)CC3)CC2)cc1. The Labute approximate surface area is 186 Å². The van der Waals surface area contributed by atoms with Crippen molar-refractivity contribution < 1.29 is 4.74 Å². The van der Waals surface area contributed by atoms with Gasteiger partial charge in [0.2, 0.25) is 0 Å². The van der Waals surface area contributed by atoms with Gasteiger partial charge in [-0.3, -0.25) is 0 Å². The first-order valence-electron chi connectivity index (χ1n) is 12.7. The maximum Gasteiger partial charge on any atom is 0.0717 e. The molecule has 1 aromatic rings. The zero-order valence-electron chi connectivity index (χ0n) is 19.5. The Balaban J connectivity index is 1.37. The van der Waals surface area contributed by atoms with Crippen LogP contribution in [-0.4, -0.2) is 6.61 Å². The number of benzene rings is 1. The molecule has 30 heavy (non-hydrogen) atoms. The van der Waals surface area contributed by atoms with E-state index in [1.165, 1.54) is 69.8 Å². The maximum atomic E-state index is 5.77. The molecule has 0 atom stereocenters. The van der Waals surface area contributed by atoms with E-state index in [2.05, 4.69) is 62.4 Å². The van der Waals surface area contributed by atoms with Crippen LogP contribution in [0.2, 0.25) is 0 Å². The van der Waals surface area contributed by atoms with E-state index in [4.69, 9.17) is 4.74 Å². The summed E-state index contributed by atoms with van der Waals surface area (Å²) in [5.41, 5.74) is 2.86. The molecule has 0 radical (unpaired) electrons. The van der Waals surface area contributed by atoms with Crippen LogP contribution in [0.4, 0.5) is 0 Å². The van der Waals surface area contributed by atoms with Crippen molar-refractivity contribution in [1.29, 1.82) is 0 Å². The quantitative estimate of drug-likeness (QED) is 0.278. The van der Waals surface area contributed by atoms with Crippen LogP contribution in [0.25, 0.3) is 0 Å². The largest absolute Gasteiger partial charge is 0.376 e. The molecule has 166 valence electrons. The average Bonchev–Trinajstić information content (AvgIpc) is 2.80. The minimum atomic E-state index is 0.737. The first-order valence-corrected chi connectivity index (χ1v) is 12.7. The van der Waals surface area contributed by atoms with Gasteiger partial charge in [-0.2, -0.15) is 0 Å². The summed E-state index contributed by atoms with van der Waals surface area (Å²) >= 11 is 0. The lowest BCUT2D eigenvalue weighted by molar-refractivity contribution is 0.125. The third-order valence-electron chi connectivity index (χ3n) is 7.50. The van der Waals surface area contributed by atoms with Gasteiger partial charge >= 0.3 is 0 Å². The van der Waals surface area contributed by atoms with Gasteiger partial charge in [-0.05, 0) is 106 Å². The minimum Gasteiger partial charge on any atom is -0.376 e. The molecule has 0 saturated heterocycles. The topological polar surface area (TPSA) is 9.23 Å². The molecule has 0 amide bonds. The van der Waals surface area contributed by atoms with Crippen molar-refractivity contribution in [3.8, 4) is 0 Å². The number of hydrogen-bond donors (Lipinski definition) is 0. The van der Waals surface area contributed by atoms with Gasteiger partial charge in [0.05, 0.1) is 13.2 Å². The van der Waals surface area contributed by atoms with Crippen LogP contribution >= 0.6 is 0 Å². The molecule has 1 heteroatoms. The zero-order chi connectivity index (χ0) is 21.0. The van der Waals surface area contributed by atoms with Crippen LogP contribution in [0.1, 0.15) is 102 Å². The fourth-order valence-electron chi connectivity index (χ4n) is 5.58. The van der Waals surface area contributed by atoms with Gasteiger partial charge in [-0.25, -0.2) is 0 Å². The monoisotopic (exact) mass is 408 g/mol. The summed E-state index contributed by atoms with van der Waals surface area (Å²) in [5.74, 6) is 3.64. The number of hydrogen-bond acceptors (Lipinski definition) is 1. The third kappa shape index (κ3) is 7.41. The normalized spacial score (nSPS) is 27.8. The van der Waals surface area contributed by atoms with Crippen molar-refractivity contribution in [1.82, 2.24) is 0 Å². The fourth-order valence-corrected chi connectivity index (χ4v) is 5.58. The molecule has 2 saturated carbocycles. The van der Waals surface area contributed by atoms with Crippen molar-refractivity contribution in [2.75, 3.05) is 6.61 Å². The molecule has 0 aliphatic heterocycles. The zero-order valence-corrected chi connectivity index (χ0v) is 19.5. The second kappa shape index (κ2) is 13.2. The molecule has 0 N–H and O–H groups in total. The highest BCUT2D eigenvalue weighted by Gasteiger charge is 2.30. The van der Waals surface area contributed by atoms with Crippen LogP contribution in [0.5, 0.6) is 0 Å². The Bertz CT molecular complexity index is 625. The van der Waals surface area contributed by atoms with E-state index in [9.17, 15) is 0 Å². The predicted molar refractivity (Wildman–Crippen MR) is 130 cm³/mol. The van der Waals surface area contributed by atoms with E-state index >= 15 is 0 Å². The van der Waals surface area contributed by atoms with Gasteiger partial charge in [0, 0.05) is 0 Å². The van der Waals surface area contributed by atoms with Crippen LogP contribution < -0.4 is 0 Å². The van der Waals surface area contributed by atoms with Gasteiger partial charge in [0.15, 0.2) is 0 Å². The van der Waals surface area contributed by atoms with Crippen molar-refractivity contribution in [3.63, 3.8) is 0 Å². The van der Waals surface area contributed by atoms with Gasteiger partial charge < -0.3 is 4.74 Å². The fraction of sp³-hybridized carbons (Fsp3) is 0.655. The Hall–Kier alpha value is -1.34. The molecule has 3 rings (SSSR count). The van der Waals surface area contributed by atoms with Crippen LogP contribution in [0.15, 0.2) is 48.6 Å². The van der Waals surface area contributed by atoms with Gasteiger partial charge in [0.1, 0.15) is 0 Å². The predicted octanol–water partition coefficient (Wildman–Crippen LogP) is 8.61. The molecular weight excluding hydrogens is 364 g/mol. The first kappa shape index (κ1) is 23.3. The molecular formula is C29H44O. The molecule has 2 aliphatic rings. The minimum absolute atomic E-state index is 0.737. The van der Waals surface area contributed by atoms with E-state index in [1.807, 2.05) is 0 Å². The van der Waals surface area contributed by atoms with Crippen molar-refractivity contribution >= 4 is 0 Å². The summed E-state index contributed by atoms with van der Waals surface area (Å²) in [7, 11) is 0. The van der Waals surface area contributed by atoms with Crippen molar-refractivity contribution in [3.05, 3.63) is 59.7 Å². The number of rotatable bonds is 10. The highest BCUT2D eigenvalue weighted by Crippen LogP contribution is 2.44. The lowest BCUT2D eigenvalue weighted by Crippen LogP contribution is -2.25. The van der Waals surface area contributed by atoms with Crippen LogP contribution in [0.3, 0.4) is 0 Å². The molecule has 2 aliphatic carbocycles. The smallest absolute Gasteiger partial charge is 0.0717 e. The average molecular weight is 409 g/mol. The summed E-state index contributed by atoms with van der Waals surface area (Å²) in [4.78, 5) is 0. The standard InChI is InChI=1S/C29H44O/c1-3-5-7-9-24-10-14-26(15-11-24)28-18-20-29(21-19-28)27-16-12-25(13-17-27)23-30-22-8-6-4-2/h4,6-7,9,12-13,16-17,24,26,28-29H,3,5,8,10-11,14-15,18-23H2,1-2H3/b6-4?,9-7+. The second-order valence-corrected chi connectivity index (χ2v) is 9.66. The molecule has 1 nitrogen and oxygen atoms in total. The van der Waals surface area contributed by atoms with E-state index < -0.39 is 0 Å². The van der Waals surface area contributed by atoms with Gasteiger partial charge in [-0.1, -0.05) is 61.9 Å². The van der Waals surface area contributed by atoms with Crippen molar-refractivity contribution in [2.45, 2.75) is 97.0 Å². The Kier molecular flexibility index (Phi) is 10.2. The summed E-state index contributed by atoms with van der Waals surface area (Å²) in [6, 6.07) is 9.29. The van der Waals surface area contributed by atoms with Gasteiger partial charge in [-0.15, -0.1) is 0 Å². The van der Waals surface area contributed by atoms with Crippen molar-refractivity contribution in [2.24, 2.45) is 17.8 Å². The summed E-state index contributed by atoms with van der Waals surface area (Å²) < 4.78 is 5.77. The molecule has 1 aromatic carbocycles. The Morgan fingerprint density at radius 2 is 1.50 bits per heavy atom. The van der Waals surface area contributed by atoms with Crippen LogP contribution in [0, 0.1) is 17.8 Å². The second-order valence-electron chi connectivity index (χ2n) is 9.66. The molecule has 0 bridgehead atoms. The molecule has 0 unspecified atom stereocenters. The van der Waals surface area contributed by atoms with E-state index in [-0.39, 0.29) is 0 Å². The Morgan fingerprint density at radius 1 is 0.833 bits per heavy atom.